The summed E-state index contributed by atoms with van der Waals surface area (Å²) in [4.78, 5) is 30.8. The summed E-state index contributed by atoms with van der Waals surface area (Å²) in [5.74, 6) is -1.56. The fourth-order valence-corrected chi connectivity index (χ4v) is 1.83. The maximum Gasteiger partial charge on any atom is 0.342 e. The van der Waals surface area contributed by atoms with Crippen LogP contribution in [-0.2, 0) is 0 Å². The standard InChI is InChI=1S/C8H7NO5.C8H9NO3/c1-14-5-2-3-6(8(10)11)7(4-5)9(12)13;1-12-5-2-3-6(8(10)11)7(9)4-5/h2-4H,1H3,(H,10,11);2-4H,9H2,1H3,(H,10,11). The molecule has 0 aliphatic rings. The Morgan fingerprint density at radius 2 is 1.42 bits per heavy atom. The quantitative estimate of drug-likeness (QED) is 0.410. The summed E-state index contributed by atoms with van der Waals surface area (Å²) in [6, 6.07) is 8.01. The number of carbonyl (C=O) groups is 2. The van der Waals surface area contributed by atoms with Crippen molar-refractivity contribution in [2.45, 2.75) is 0 Å². The van der Waals surface area contributed by atoms with Crippen LogP contribution in [0.4, 0.5) is 11.4 Å². The summed E-state index contributed by atoms with van der Waals surface area (Å²) in [5, 5.41) is 27.7. The van der Waals surface area contributed by atoms with Gasteiger partial charge in [0.25, 0.3) is 5.69 Å². The lowest BCUT2D eigenvalue weighted by Gasteiger charge is -2.03. The molecule has 0 heterocycles. The molecule has 0 saturated carbocycles. The largest absolute Gasteiger partial charge is 0.497 e. The molecule has 2 aromatic rings. The molecule has 0 unspecified atom stereocenters. The lowest BCUT2D eigenvalue weighted by atomic mass is 10.2. The topological polar surface area (TPSA) is 162 Å². The zero-order chi connectivity index (χ0) is 19.9. The van der Waals surface area contributed by atoms with Crippen LogP contribution < -0.4 is 15.2 Å². The van der Waals surface area contributed by atoms with E-state index in [1.807, 2.05) is 0 Å². The van der Waals surface area contributed by atoms with E-state index < -0.39 is 22.5 Å². The highest BCUT2D eigenvalue weighted by atomic mass is 16.6. The molecule has 0 aliphatic heterocycles. The van der Waals surface area contributed by atoms with Crippen LogP contribution in [0, 0.1) is 10.1 Å². The highest BCUT2D eigenvalue weighted by Crippen LogP contribution is 2.24. The monoisotopic (exact) mass is 364 g/mol. The summed E-state index contributed by atoms with van der Waals surface area (Å²) in [6.45, 7) is 0. The first-order valence-electron chi connectivity index (χ1n) is 6.93. The van der Waals surface area contributed by atoms with Crippen molar-refractivity contribution in [3.63, 3.8) is 0 Å². The van der Waals surface area contributed by atoms with E-state index in [1.54, 1.807) is 6.07 Å². The van der Waals surface area contributed by atoms with Crippen molar-refractivity contribution < 1.29 is 34.2 Å². The third kappa shape index (κ3) is 5.09. The van der Waals surface area contributed by atoms with E-state index in [0.717, 1.165) is 12.1 Å². The van der Waals surface area contributed by atoms with E-state index in [-0.39, 0.29) is 22.6 Å². The first-order chi connectivity index (χ1) is 12.2. The Bertz CT molecular complexity index is 835. The van der Waals surface area contributed by atoms with Crippen LogP contribution in [0.25, 0.3) is 0 Å². The van der Waals surface area contributed by atoms with Crippen molar-refractivity contribution in [2.24, 2.45) is 0 Å². The predicted octanol–water partition coefficient (Wildman–Crippen LogP) is 2.28. The van der Waals surface area contributed by atoms with Crippen molar-refractivity contribution in [1.29, 1.82) is 0 Å². The predicted molar refractivity (Wildman–Crippen MR) is 91.0 cm³/mol. The van der Waals surface area contributed by atoms with Gasteiger partial charge in [-0.2, -0.15) is 0 Å². The first kappa shape index (κ1) is 20.2. The molecule has 0 amide bonds. The zero-order valence-electron chi connectivity index (χ0n) is 13.8. The summed E-state index contributed by atoms with van der Waals surface area (Å²) < 4.78 is 9.60. The van der Waals surface area contributed by atoms with Gasteiger partial charge in [-0.3, -0.25) is 10.1 Å². The number of nitro groups is 1. The van der Waals surface area contributed by atoms with Crippen molar-refractivity contribution in [2.75, 3.05) is 20.0 Å². The van der Waals surface area contributed by atoms with Crippen LogP contribution in [0.3, 0.4) is 0 Å². The number of anilines is 1. The van der Waals surface area contributed by atoms with Gasteiger partial charge in [0.15, 0.2) is 0 Å². The summed E-state index contributed by atoms with van der Waals surface area (Å²) in [6.07, 6.45) is 0. The van der Waals surface area contributed by atoms with E-state index in [9.17, 15) is 19.7 Å². The lowest BCUT2D eigenvalue weighted by Crippen LogP contribution is -2.02. The number of carboxylic acid groups (broad SMARTS) is 2. The molecule has 138 valence electrons. The van der Waals surface area contributed by atoms with Gasteiger partial charge in [0, 0.05) is 11.8 Å². The second kappa shape index (κ2) is 8.87. The average Bonchev–Trinajstić information content (AvgIpc) is 2.60. The smallest absolute Gasteiger partial charge is 0.342 e. The fraction of sp³-hybridized carbons (Fsp3) is 0.125. The molecular weight excluding hydrogens is 348 g/mol. The van der Waals surface area contributed by atoms with E-state index in [4.69, 9.17) is 25.4 Å². The maximum atomic E-state index is 10.6. The molecule has 2 aromatic carbocycles. The number of ether oxygens (including phenoxy) is 2. The van der Waals surface area contributed by atoms with Gasteiger partial charge in [0.1, 0.15) is 17.1 Å². The van der Waals surface area contributed by atoms with Gasteiger partial charge in [-0.15, -0.1) is 0 Å². The molecule has 0 saturated heterocycles. The van der Waals surface area contributed by atoms with E-state index >= 15 is 0 Å². The number of benzene rings is 2. The molecule has 4 N–H and O–H groups in total. The Hall–Kier alpha value is -3.82. The molecule has 0 bridgehead atoms. The summed E-state index contributed by atoms with van der Waals surface area (Å²) in [5.41, 5.74) is 4.91. The van der Waals surface area contributed by atoms with Crippen LogP contribution >= 0.6 is 0 Å². The van der Waals surface area contributed by atoms with Gasteiger partial charge in [-0.05, 0) is 24.3 Å². The Balaban J connectivity index is 0.000000263. The second-order valence-electron chi connectivity index (χ2n) is 4.70. The Morgan fingerprint density at radius 1 is 0.962 bits per heavy atom. The molecule has 0 spiro atoms. The Labute approximate surface area is 147 Å². The number of aromatic carboxylic acids is 2. The van der Waals surface area contributed by atoms with Crippen molar-refractivity contribution in [1.82, 2.24) is 0 Å². The molecule has 0 atom stereocenters. The fourth-order valence-electron chi connectivity index (χ4n) is 1.83. The van der Waals surface area contributed by atoms with Gasteiger partial charge < -0.3 is 25.4 Å². The van der Waals surface area contributed by atoms with Gasteiger partial charge in [-0.25, -0.2) is 9.59 Å². The maximum absolute atomic E-state index is 10.6. The third-order valence-electron chi connectivity index (χ3n) is 3.12. The number of methoxy groups -OCH3 is 2. The van der Waals surface area contributed by atoms with Crippen LogP contribution in [0.1, 0.15) is 20.7 Å². The van der Waals surface area contributed by atoms with Crippen LogP contribution in [0.2, 0.25) is 0 Å². The minimum absolute atomic E-state index is 0.0933. The van der Waals surface area contributed by atoms with Gasteiger partial charge in [0.2, 0.25) is 0 Å². The molecule has 0 aliphatic carbocycles. The van der Waals surface area contributed by atoms with Crippen LogP contribution in [-0.4, -0.2) is 41.3 Å². The molecule has 2 rings (SSSR count). The SMILES string of the molecule is COc1ccc(C(=O)O)c(N)c1.COc1ccc(C(=O)O)c([N+](=O)[O-])c1. The molecule has 0 aromatic heterocycles. The third-order valence-corrected chi connectivity index (χ3v) is 3.12. The Kier molecular flexibility index (Phi) is 6.90. The molecule has 0 radical (unpaired) electrons. The molecular formula is C16H16N2O8. The highest BCUT2D eigenvalue weighted by molar-refractivity contribution is 5.94. The lowest BCUT2D eigenvalue weighted by molar-refractivity contribution is -0.385. The first-order valence-corrected chi connectivity index (χ1v) is 6.93. The van der Waals surface area contributed by atoms with Crippen molar-refractivity contribution in [3.05, 3.63) is 57.6 Å². The minimum atomic E-state index is -1.33. The second-order valence-corrected chi connectivity index (χ2v) is 4.70. The van der Waals surface area contributed by atoms with E-state index in [0.29, 0.717) is 5.75 Å². The molecule has 26 heavy (non-hydrogen) atoms. The minimum Gasteiger partial charge on any atom is -0.497 e. The number of nitrogens with zero attached hydrogens (tertiary/aromatic N) is 1. The van der Waals surface area contributed by atoms with E-state index in [1.165, 1.54) is 32.4 Å². The summed E-state index contributed by atoms with van der Waals surface area (Å²) in [7, 11) is 2.84. The zero-order valence-corrected chi connectivity index (χ0v) is 13.8. The van der Waals surface area contributed by atoms with Crippen molar-refractivity contribution >= 4 is 23.3 Å². The summed E-state index contributed by atoms with van der Waals surface area (Å²) >= 11 is 0. The van der Waals surface area contributed by atoms with Gasteiger partial charge in [0.05, 0.1) is 30.8 Å². The normalized spacial score (nSPS) is 9.46. The van der Waals surface area contributed by atoms with Crippen molar-refractivity contribution in [3.8, 4) is 11.5 Å². The Morgan fingerprint density at radius 3 is 1.81 bits per heavy atom. The number of nitrogen functional groups attached to an aromatic ring is 1. The van der Waals surface area contributed by atoms with Crippen LogP contribution in [0.15, 0.2) is 36.4 Å². The number of nitro benzene ring substituents is 1. The number of hydrogen-bond acceptors (Lipinski definition) is 7. The number of carboxylic acids is 2. The number of nitrogens with two attached hydrogens (primary N) is 1. The average molecular weight is 364 g/mol. The molecule has 10 heteroatoms. The van der Waals surface area contributed by atoms with Crippen LogP contribution in [0.5, 0.6) is 11.5 Å². The molecule has 10 nitrogen and oxygen atoms in total. The van der Waals surface area contributed by atoms with Gasteiger partial charge in [-0.1, -0.05) is 0 Å². The number of hydrogen-bond donors (Lipinski definition) is 3. The van der Waals surface area contributed by atoms with Gasteiger partial charge >= 0.3 is 11.9 Å². The number of rotatable bonds is 5. The van der Waals surface area contributed by atoms with E-state index in [2.05, 4.69) is 0 Å². The highest BCUT2D eigenvalue weighted by Gasteiger charge is 2.20. The molecule has 0 fully saturated rings.